The number of rotatable bonds is 4. The Kier molecular flexibility index (Phi) is 6.71. The maximum atomic E-state index is 13.3. The van der Waals surface area contributed by atoms with E-state index in [-0.39, 0.29) is 5.56 Å². The molecule has 2 aromatic carbocycles. The fourth-order valence-electron chi connectivity index (χ4n) is 2.83. The lowest BCUT2D eigenvalue weighted by molar-refractivity contribution is -0.119. The van der Waals surface area contributed by atoms with E-state index in [0.29, 0.717) is 26.8 Å². The lowest BCUT2D eigenvalue weighted by atomic mass is 10.1. The zero-order chi connectivity index (χ0) is 22.8. The van der Waals surface area contributed by atoms with Gasteiger partial charge in [-0.25, -0.2) is 9.78 Å². The number of carbonyl (C=O) groups is 2. The number of halogens is 1. The van der Waals surface area contributed by atoms with Gasteiger partial charge in [-0.1, -0.05) is 47.6 Å². The number of nitrogens with one attached hydrogen (secondary N) is 2. The molecule has 31 heavy (non-hydrogen) atoms. The van der Waals surface area contributed by atoms with E-state index in [4.69, 9.17) is 11.6 Å². The van der Waals surface area contributed by atoms with Gasteiger partial charge >= 0.3 is 6.03 Å². The number of aromatic nitrogens is 2. The number of nitrogens with zero attached hydrogens (tertiary/aromatic N) is 2. The Balaban J connectivity index is 1.99. The van der Waals surface area contributed by atoms with E-state index < -0.39 is 22.7 Å². The summed E-state index contributed by atoms with van der Waals surface area (Å²) in [5.41, 5.74) is 0.203. The normalized spacial score (nSPS) is 12.4. The fourth-order valence-corrected chi connectivity index (χ4v) is 3.97. The van der Waals surface area contributed by atoms with Gasteiger partial charge in [0.25, 0.3) is 5.56 Å². The van der Waals surface area contributed by atoms with E-state index in [9.17, 15) is 14.4 Å². The summed E-state index contributed by atoms with van der Waals surface area (Å²) < 4.78 is 1.40. The standard InChI is InChI=1S/C22H23ClN4O3S/c1-13(18(28)25-20(30)26-22(2,3)4)31-21-24-16-11-7-5-9-14(16)19(29)27(21)17-12-8-6-10-15(17)23/h5-13H,1-4H3,(H2,25,26,28,30). The summed E-state index contributed by atoms with van der Waals surface area (Å²) in [6, 6.07) is 13.3. The molecule has 0 radical (unpaired) electrons. The smallest absolute Gasteiger partial charge is 0.321 e. The van der Waals surface area contributed by atoms with Crippen molar-refractivity contribution in [2.75, 3.05) is 0 Å². The molecule has 0 saturated heterocycles. The van der Waals surface area contributed by atoms with E-state index in [1.165, 1.54) is 4.57 Å². The molecule has 0 saturated carbocycles. The van der Waals surface area contributed by atoms with Crippen LogP contribution in [0, 0.1) is 0 Å². The topological polar surface area (TPSA) is 93.1 Å². The fraction of sp³-hybridized carbons (Fsp3) is 0.273. The van der Waals surface area contributed by atoms with E-state index in [0.717, 1.165) is 11.8 Å². The van der Waals surface area contributed by atoms with Crippen molar-refractivity contribution in [3.63, 3.8) is 0 Å². The summed E-state index contributed by atoms with van der Waals surface area (Å²) in [7, 11) is 0. The molecule has 0 fully saturated rings. The number of amides is 3. The first-order chi connectivity index (χ1) is 14.6. The molecule has 1 heterocycles. The number of hydrogen-bond donors (Lipinski definition) is 2. The van der Waals surface area contributed by atoms with Gasteiger partial charge in [-0.15, -0.1) is 0 Å². The van der Waals surface area contributed by atoms with Crippen molar-refractivity contribution in [3.05, 3.63) is 63.9 Å². The highest BCUT2D eigenvalue weighted by Gasteiger charge is 2.23. The molecule has 0 aliphatic carbocycles. The molecule has 1 atom stereocenters. The zero-order valence-electron chi connectivity index (χ0n) is 17.6. The van der Waals surface area contributed by atoms with Gasteiger partial charge in [-0.05, 0) is 52.0 Å². The number of para-hydroxylation sites is 2. The van der Waals surface area contributed by atoms with Gasteiger partial charge < -0.3 is 5.32 Å². The number of fused-ring (bicyclic) bond motifs is 1. The minimum atomic E-state index is -0.701. The van der Waals surface area contributed by atoms with Gasteiger partial charge in [-0.3, -0.25) is 19.5 Å². The number of thioether (sulfide) groups is 1. The second-order valence-corrected chi connectivity index (χ2v) is 9.67. The van der Waals surface area contributed by atoms with Crippen LogP contribution in [-0.2, 0) is 4.79 Å². The second-order valence-electron chi connectivity index (χ2n) is 7.96. The van der Waals surface area contributed by atoms with Crippen molar-refractivity contribution in [2.45, 2.75) is 43.6 Å². The summed E-state index contributed by atoms with van der Waals surface area (Å²) in [6.45, 7) is 7.09. The van der Waals surface area contributed by atoms with Gasteiger partial charge in [0.15, 0.2) is 5.16 Å². The van der Waals surface area contributed by atoms with E-state index in [2.05, 4.69) is 15.6 Å². The summed E-state index contributed by atoms with van der Waals surface area (Å²) in [5.74, 6) is -0.500. The number of imide groups is 1. The molecule has 162 valence electrons. The van der Waals surface area contributed by atoms with Gasteiger partial charge in [0.05, 0.1) is 26.9 Å². The molecule has 3 aromatic rings. The molecule has 9 heteroatoms. The molecule has 0 bridgehead atoms. The summed E-state index contributed by atoms with van der Waals surface area (Å²) in [5, 5.41) is 5.42. The minimum absolute atomic E-state index is 0.292. The third kappa shape index (κ3) is 5.45. The van der Waals surface area contributed by atoms with E-state index in [1.807, 2.05) is 20.8 Å². The van der Waals surface area contributed by atoms with Gasteiger partial charge in [0.1, 0.15) is 0 Å². The number of carbonyl (C=O) groups excluding carboxylic acids is 2. The Labute approximate surface area is 189 Å². The van der Waals surface area contributed by atoms with Crippen LogP contribution in [0.15, 0.2) is 58.5 Å². The third-order valence-electron chi connectivity index (χ3n) is 4.21. The quantitative estimate of drug-likeness (QED) is 0.452. The molecule has 3 amide bonds. The Hall–Kier alpha value is -2.84. The SMILES string of the molecule is CC(Sc1nc2ccccc2c(=O)n1-c1ccccc1Cl)C(=O)NC(=O)NC(C)(C)C. The maximum absolute atomic E-state index is 13.3. The molecule has 3 rings (SSSR count). The van der Waals surface area contributed by atoms with E-state index in [1.54, 1.807) is 55.5 Å². The van der Waals surface area contributed by atoms with Crippen LogP contribution in [0.5, 0.6) is 0 Å². The van der Waals surface area contributed by atoms with Crippen LogP contribution in [0.1, 0.15) is 27.7 Å². The van der Waals surface area contributed by atoms with Crippen LogP contribution >= 0.6 is 23.4 Å². The van der Waals surface area contributed by atoms with Crippen LogP contribution in [0.25, 0.3) is 16.6 Å². The maximum Gasteiger partial charge on any atom is 0.321 e. The van der Waals surface area contributed by atoms with Crippen LogP contribution < -0.4 is 16.2 Å². The summed E-state index contributed by atoms with van der Waals surface area (Å²) in [6.07, 6.45) is 0. The predicted octanol–water partition coefficient (Wildman–Crippen LogP) is 4.14. The predicted molar refractivity (Wildman–Crippen MR) is 124 cm³/mol. The molecule has 7 nitrogen and oxygen atoms in total. The molecular weight excluding hydrogens is 436 g/mol. The number of urea groups is 1. The van der Waals surface area contributed by atoms with Crippen LogP contribution in [0.2, 0.25) is 5.02 Å². The average molecular weight is 459 g/mol. The Bertz CT molecular complexity index is 1200. The molecular formula is C22H23ClN4O3S. The molecule has 1 aromatic heterocycles. The van der Waals surface area contributed by atoms with Gasteiger partial charge in [0, 0.05) is 5.54 Å². The van der Waals surface area contributed by atoms with Crippen molar-refractivity contribution in [2.24, 2.45) is 0 Å². The number of hydrogen-bond acceptors (Lipinski definition) is 5. The van der Waals surface area contributed by atoms with E-state index >= 15 is 0 Å². The van der Waals surface area contributed by atoms with Crippen molar-refractivity contribution in [3.8, 4) is 5.69 Å². The largest absolute Gasteiger partial charge is 0.333 e. The molecule has 2 N–H and O–H groups in total. The summed E-state index contributed by atoms with van der Waals surface area (Å²) >= 11 is 7.43. The van der Waals surface area contributed by atoms with Crippen LogP contribution in [-0.4, -0.2) is 32.3 Å². The van der Waals surface area contributed by atoms with Crippen molar-refractivity contribution in [1.29, 1.82) is 0 Å². The first-order valence-corrected chi connectivity index (χ1v) is 10.9. The first kappa shape index (κ1) is 22.8. The average Bonchev–Trinajstić information content (AvgIpc) is 2.67. The first-order valence-electron chi connectivity index (χ1n) is 9.63. The molecule has 1 unspecified atom stereocenters. The summed E-state index contributed by atoms with van der Waals surface area (Å²) in [4.78, 5) is 42.5. The Morgan fingerprint density at radius 2 is 1.74 bits per heavy atom. The monoisotopic (exact) mass is 458 g/mol. The molecule has 0 aliphatic rings. The lowest BCUT2D eigenvalue weighted by Crippen LogP contribution is -2.49. The highest BCUT2D eigenvalue weighted by molar-refractivity contribution is 8.00. The highest BCUT2D eigenvalue weighted by atomic mass is 35.5. The highest BCUT2D eigenvalue weighted by Crippen LogP contribution is 2.28. The second kappa shape index (κ2) is 9.11. The lowest BCUT2D eigenvalue weighted by Gasteiger charge is -2.21. The Morgan fingerprint density at radius 1 is 1.10 bits per heavy atom. The van der Waals surface area contributed by atoms with Crippen LogP contribution in [0.4, 0.5) is 4.79 Å². The Morgan fingerprint density at radius 3 is 2.42 bits per heavy atom. The van der Waals surface area contributed by atoms with Crippen LogP contribution in [0.3, 0.4) is 0 Å². The van der Waals surface area contributed by atoms with Crippen molar-refractivity contribution in [1.82, 2.24) is 20.2 Å². The van der Waals surface area contributed by atoms with Gasteiger partial charge in [0.2, 0.25) is 5.91 Å². The molecule has 0 spiro atoms. The third-order valence-corrected chi connectivity index (χ3v) is 5.59. The van der Waals surface area contributed by atoms with Crippen molar-refractivity contribution < 1.29 is 9.59 Å². The van der Waals surface area contributed by atoms with Gasteiger partial charge in [-0.2, -0.15) is 0 Å². The minimum Gasteiger partial charge on any atom is -0.333 e. The number of benzene rings is 2. The van der Waals surface area contributed by atoms with Crippen molar-refractivity contribution >= 4 is 46.2 Å². The molecule has 0 aliphatic heterocycles. The zero-order valence-corrected chi connectivity index (χ0v) is 19.2.